The summed E-state index contributed by atoms with van der Waals surface area (Å²) in [5, 5.41) is 2.67. The fourth-order valence-electron chi connectivity index (χ4n) is 0.760. The van der Waals surface area contributed by atoms with Crippen LogP contribution in [-0.4, -0.2) is 24.0 Å². The minimum Gasteiger partial charge on any atom is -0.374 e. The van der Waals surface area contributed by atoms with Gasteiger partial charge in [0.15, 0.2) is 0 Å². The molecule has 0 saturated heterocycles. The zero-order chi connectivity index (χ0) is 8.97. The largest absolute Gasteiger partial charge is 0.374 e. The average Bonchev–Trinajstić information content (AvgIpc) is 2.47. The summed E-state index contributed by atoms with van der Waals surface area (Å²) in [6.07, 6.45) is 0. The van der Waals surface area contributed by atoms with E-state index in [-0.39, 0.29) is 12.4 Å². The second-order valence-electron chi connectivity index (χ2n) is 2.31. The van der Waals surface area contributed by atoms with Gasteiger partial charge in [0.2, 0.25) is 5.78 Å². The van der Waals surface area contributed by atoms with Crippen molar-refractivity contribution < 1.29 is 9.53 Å². The molecule has 1 aromatic heterocycles. The third-order valence-corrected chi connectivity index (χ3v) is 2.12. The number of hydrogen-bond acceptors (Lipinski definition) is 4. The molecule has 0 aliphatic heterocycles. The number of carbonyl (C=O) groups is 1. The summed E-state index contributed by atoms with van der Waals surface area (Å²) < 4.78 is 4.97. The number of aryl methyl sites for hydroxylation is 1. The lowest BCUT2D eigenvalue weighted by Gasteiger charge is -1.95. The van der Waals surface area contributed by atoms with Crippen LogP contribution in [0.3, 0.4) is 0 Å². The summed E-state index contributed by atoms with van der Waals surface area (Å²) >= 11 is 1.48. The summed E-state index contributed by atoms with van der Waals surface area (Å²) in [6.45, 7) is 4.44. The maximum absolute atomic E-state index is 11.2. The Kier molecular flexibility index (Phi) is 3.37. The van der Waals surface area contributed by atoms with Gasteiger partial charge in [-0.25, -0.2) is 4.98 Å². The predicted molar refractivity (Wildman–Crippen MR) is 47.7 cm³/mol. The van der Waals surface area contributed by atoms with E-state index in [0.717, 1.165) is 5.01 Å². The number of ether oxygens (including phenoxy) is 1. The van der Waals surface area contributed by atoms with Crippen molar-refractivity contribution in [3.8, 4) is 0 Å². The highest BCUT2D eigenvalue weighted by atomic mass is 32.1. The third kappa shape index (κ3) is 2.39. The van der Waals surface area contributed by atoms with Crippen LogP contribution in [0.1, 0.15) is 22.4 Å². The monoisotopic (exact) mass is 185 g/mol. The molecule has 0 atom stereocenters. The van der Waals surface area contributed by atoms with Gasteiger partial charge in [-0.05, 0) is 13.8 Å². The highest BCUT2D eigenvalue weighted by Crippen LogP contribution is 2.08. The van der Waals surface area contributed by atoms with Crippen molar-refractivity contribution in [2.75, 3.05) is 13.2 Å². The van der Waals surface area contributed by atoms with Crippen LogP contribution < -0.4 is 0 Å². The second kappa shape index (κ2) is 4.33. The number of nitrogens with zero attached hydrogens (tertiary/aromatic N) is 1. The summed E-state index contributed by atoms with van der Waals surface area (Å²) in [5.74, 6) is -0.0406. The van der Waals surface area contributed by atoms with Crippen LogP contribution in [0, 0.1) is 6.92 Å². The Labute approximate surface area is 75.4 Å². The third-order valence-electron chi connectivity index (χ3n) is 1.34. The molecule has 1 rings (SSSR count). The van der Waals surface area contributed by atoms with Crippen molar-refractivity contribution in [3.63, 3.8) is 0 Å². The molecule has 0 amide bonds. The Morgan fingerprint density at radius 1 is 1.75 bits per heavy atom. The fraction of sp³-hybridized carbons (Fsp3) is 0.500. The van der Waals surface area contributed by atoms with Crippen molar-refractivity contribution in [1.82, 2.24) is 4.98 Å². The molecule has 0 saturated carbocycles. The maximum Gasteiger partial charge on any atom is 0.207 e. The molecule has 0 bridgehead atoms. The zero-order valence-electron chi connectivity index (χ0n) is 7.16. The molecular formula is C8H11NO2S. The van der Waals surface area contributed by atoms with Crippen LogP contribution in [0.4, 0.5) is 0 Å². The van der Waals surface area contributed by atoms with Gasteiger partial charge >= 0.3 is 0 Å². The quantitative estimate of drug-likeness (QED) is 0.670. The van der Waals surface area contributed by atoms with Crippen LogP contribution in [0.2, 0.25) is 0 Å². The molecule has 0 spiro atoms. The standard InChI is InChI=1S/C8H11NO2S/c1-3-11-4-8(10)7-5-12-6(2)9-7/h5H,3-4H2,1-2H3. The molecule has 66 valence electrons. The first-order valence-electron chi connectivity index (χ1n) is 3.77. The van der Waals surface area contributed by atoms with Gasteiger partial charge in [-0.3, -0.25) is 4.79 Å². The van der Waals surface area contributed by atoms with Crippen molar-refractivity contribution in [2.45, 2.75) is 13.8 Å². The van der Waals surface area contributed by atoms with E-state index < -0.39 is 0 Å². The molecule has 4 heteroatoms. The predicted octanol–water partition coefficient (Wildman–Crippen LogP) is 1.67. The molecular weight excluding hydrogens is 174 g/mol. The molecule has 1 aromatic rings. The van der Waals surface area contributed by atoms with E-state index in [4.69, 9.17) is 4.74 Å². The summed E-state index contributed by atoms with van der Waals surface area (Å²) in [6, 6.07) is 0. The van der Waals surface area contributed by atoms with Gasteiger partial charge in [-0.15, -0.1) is 11.3 Å². The van der Waals surface area contributed by atoms with Crippen LogP contribution >= 0.6 is 11.3 Å². The number of rotatable bonds is 4. The molecule has 0 aromatic carbocycles. The normalized spacial score (nSPS) is 10.2. The first-order chi connectivity index (χ1) is 5.74. The Balaban J connectivity index is 2.53. The Morgan fingerprint density at radius 2 is 2.50 bits per heavy atom. The Bertz CT molecular complexity index is 270. The minimum absolute atomic E-state index is 0.0406. The molecule has 0 aliphatic carbocycles. The van der Waals surface area contributed by atoms with Gasteiger partial charge in [0.1, 0.15) is 12.3 Å². The highest BCUT2D eigenvalue weighted by Gasteiger charge is 2.08. The van der Waals surface area contributed by atoms with E-state index in [1.807, 2.05) is 13.8 Å². The van der Waals surface area contributed by atoms with E-state index in [1.54, 1.807) is 5.38 Å². The van der Waals surface area contributed by atoms with Crippen molar-refractivity contribution in [3.05, 3.63) is 16.1 Å². The van der Waals surface area contributed by atoms with Crippen LogP contribution in [-0.2, 0) is 4.74 Å². The lowest BCUT2D eigenvalue weighted by atomic mass is 10.3. The maximum atomic E-state index is 11.2. The summed E-state index contributed by atoms with van der Waals surface area (Å²) in [5.41, 5.74) is 0.519. The molecule has 12 heavy (non-hydrogen) atoms. The van der Waals surface area contributed by atoms with Gasteiger partial charge < -0.3 is 4.74 Å². The van der Waals surface area contributed by atoms with Crippen LogP contribution in [0.5, 0.6) is 0 Å². The lowest BCUT2D eigenvalue weighted by Crippen LogP contribution is -2.09. The molecule has 0 radical (unpaired) electrons. The van der Waals surface area contributed by atoms with E-state index in [9.17, 15) is 4.79 Å². The van der Waals surface area contributed by atoms with Gasteiger partial charge in [0, 0.05) is 12.0 Å². The first-order valence-corrected chi connectivity index (χ1v) is 4.65. The topological polar surface area (TPSA) is 39.2 Å². The van der Waals surface area contributed by atoms with Gasteiger partial charge in [-0.2, -0.15) is 0 Å². The fourth-order valence-corrected chi connectivity index (χ4v) is 1.38. The second-order valence-corrected chi connectivity index (χ2v) is 3.37. The van der Waals surface area contributed by atoms with Crippen LogP contribution in [0.15, 0.2) is 5.38 Å². The van der Waals surface area contributed by atoms with Crippen LogP contribution in [0.25, 0.3) is 0 Å². The lowest BCUT2D eigenvalue weighted by molar-refractivity contribution is 0.0779. The van der Waals surface area contributed by atoms with E-state index in [0.29, 0.717) is 12.3 Å². The minimum atomic E-state index is -0.0406. The summed E-state index contributed by atoms with van der Waals surface area (Å²) in [7, 11) is 0. The van der Waals surface area contributed by atoms with Crippen molar-refractivity contribution >= 4 is 17.1 Å². The highest BCUT2D eigenvalue weighted by molar-refractivity contribution is 7.09. The van der Waals surface area contributed by atoms with Crippen molar-refractivity contribution in [2.24, 2.45) is 0 Å². The van der Waals surface area contributed by atoms with Crippen molar-refractivity contribution in [1.29, 1.82) is 0 Å². The number of hydrogen-bond donors (Lipinski definition) is 0. The number of carbonyl (C=O) groups excluding carboxylic acids is 1. The molecule has 0 unspecified atom stereocenters. The van der Waals surface area contributed by atoms with Gasteiger partial charge in [0.05, 0.1) is 5.01 Å². The molecule has 1 heterocycles. The SMILES string of the molecule is CCOCC(=O)c1csc(C)n1. The molecule has 3 nitrogen and oxygen atoms in total. The number of ketones is 1. The van der Waals surface area contributed by atoms with E-state index in [2.05, 4.69) is 4.98 Å². The first kappa shape index (κ1) is 9.35. The average molecular weight is 185 g/mol. The number of thiazole rings is 1. The van der Waals surface area contributed by atoms with Gasteiger partial charge in [0.25, 0.3) is 0 Å². The number of Topliss-reactive ketones (excluding diaryl/α,β-unsaturated/α-hetero) is 1. The summed E-state index contributed by atoms with van der Waals surface area (Å²) in [4.78, 5) is 15.3. The molecule has 0 aliphatic rings. The molecule has 0 fully saturated rings. The zero-order valence-corrected chi connectivity index (χ0v) is 7.98. The Morgan fingerprint density at radius 3 is 3.00 bits per heavy atom. The Hall–Kier alpha value is -0.740. The smallest absolute Gasteiger partial charge is 0.207 e. The van der Waals surface area contributed by atoms with Gasteiger partial charge in [-0.1, -0.05) is 0 Å². The molecule has 0 N–H and O–H groups in total. The van der Waals surface area contributed by atoms with E-state index >= 15 is 0 Å². The van der Waals surface area contributed by atoms with E-state index in [1.165, 1.54) is 11.3 Å². The number of aromatic nitrogens is 1.